The summed E-state index contributed by atoms with van der Waals surface area (Å²) in [5, 5.41) is 5.80. The molecule has 0 saturated carbocycles. The lowest BCUT2D eigenvalue weighted by atomic mass is 10.1. The number of pyridine rings is 1. The number of nitrogens with one attached hydrogen (secondary N) is 1. The van der Waals surface area contributed by atoms with Crippen molar-refractivity contribution in [3.63, 3.8) is 0 Å². The molecule has 0 fully saturated rings. The van der Waals surface area contributed by atoms with Gasteiger partial charge in [-0.15, -0.1) is 0 Å². The average Bonchev–Trinajstić information content (AvgIpc) is 3.16. The molecule has 1 amide bonds. The number of amides is 1. The molecule has 4 aromatic rings. The van der Waals surface area contributed by atoms with Gasteiger partial charge in [0.15, 0.2) is 5.09 Å². The van der Waals surface area contributed by atoms with E-state index in [4.69, 9.17) is 4.42 Å². The molecule has 0 aliphatic heterocycles. The van der Waals surface area contributed by atoms with Gasteiger partial charge >= 0.3 is 0 Å². The van der Waals surface area contributed by atoms with Gasteiger partial charge in [-0.1, -0.05) is 36.4 Å². The van der Waals surface area contributed by atoms with Gasteiger partial charge in [0.1, 0.15) is 5.76 Å². The Morgan fingerprint density at radius 1 is 1.07 bits per heavy atom. The summed E-state index contributed by atoms with van der Waals surface area (Å²) in [6.07, 6.45) is 3.27. The first-order chi connectivity index (χ1) is 13.7. The summed E-state index contributed by atoms with van der Waals surface area (Å²) in [7, 11) is 0. The SMILES string of the molecule is Cc1ccccc1C(=O)N/N=C\c1ccc(Sc2cccc3cccnc23)o1. The first kappa shape index (κ1) is 18.0. The number of hydrogen-bond acceptors (Lipinski definition) is 5. The molecule has 2 aromatic heterocycles. The second-order valence-corrected chi connectivity index (χ2v) is 7.15. The Hall–Kier alpha value is -3.38. The number of nitrogens with zero attached hydrogens (tertiary/aromatic N) is 2. The van der Waals surface area contributed by atoms with E-state index >= 15 is 0 Å². The molecule has 0 atom stereocenters. The lowest BCUT2D eigenvalue weighted by molar-refractivity contribution is 0.0954. The number of rotatable bonds is 5. The Morgan fingerprint density at radius 3 is 2.82 bits per heavy atom. The Labute approximate surface area is 166 Å². The number of furan rings is 1. The molecule has 2 heterocycles. The van der Waals surface area contributed by atoms with Crippen LogP contribution in [0.4, 0.5) is 0 Å². The van der Waals surface area contributed by atoms with Gasteiger partial charge in [0, 0.05) is 22.0 Å². The molecular formula is C22H17N3O2S. The fourth-order valence-corrected chi connectivity index (χ4v) is 3.67. The van der Waals surface area contributed by atoms with Crippen LogP contribution < -0.4 is 5.43 Å². The Kier molecular flexibility index (Phi) is 5.21. The smallest absolute Gasteiger partial charge is 0.271 e. The third-order valence-corrected chi connectivity index (χ3v) is 5.13. The molecule has 4 rings (SSSR count). The molecule has 138 valence electrons. The van der Waals surface area contributed by atoms with Crippen LogP contribution in [-0.2, 0) is 0 Å². The minimum Gasteiger partial charge on any atom is -0.448 e. The van der Waals surface area contributed by atoms with Crippen molar-refractivity contribution in [3.05, 3.63) is 89.8 Å². The first-order valence-electron chi connectivity index (χ1n) is 8.71. The Balaban J connectivity index is 1.44. The molecule has 0 bridgehead atoms. The molecule has 1 N–H and O–H groups in total. The van der Waals surface area contributed by atoms with E-state index in [2.05, 4.69) is 15.5 Å². The lowest BCUT2D eigenvalue weighted by Crippen LogP contribution is -2.18. The minimum atomic E-state index is -0.252. The fourth-order valence-electron chi connectivity index (χ4n) is 2.77. The summed E-state index contributed by atoms with van der Waals surface area (Å²) in [5.74, 6) is 0.304. The number of benzene rings is 2. The summed E-state index contributed by atoms with van der Waals surface area (Å²) in [4.78, 5) is 17.6. The third kappa shape index (κ3) is 3.97. The zero-order chi connectivity index (χ0) is 19.3. The van der Waals surface area contributed by atoms with E-state index in [0.29, 0.717) is 11.3 Å². The number of carbonyl (C=O) groups is 1. The van der Waals surface area contributed by atoms with Crippen LogP contribution in [0, 0.1) is 6.92 Å². The molecule has 0 aliphatic rings. The van der Waals surface area contributed by atoms with Gasteiger partial charge < -0.3 is 4.42 Å². The Bertz CT molecular complexity index is 1160. The number of carbonyl (C=O) groups excluding carboxylic acids is 1. The van der Waals surface area contributed by atoms with Gasteiger partial charge in [-0.25, -0.2) is 5.43 Å². The lowest BCUT2D eigenvalue weighted by Gasteiger charge is -2.03. The van der Waals surface area contributed by atoms with Crippen molar-refractivity contribution in [1.29, 1.82) is 0 Å². The maximum atomic E-state index is 12.2. The van der Waals surface area contributed by atoms with Gasteiger partial charge in [-0.05, 0) is 54.6 Å². The minimum absolute atomic E-state index is 0.252. The highest BCUT2D eigenvalue weighted by atomic mass is 32.2. The molecule has 6 heteroatoms. The summed E-state index contributed by atoms with van der Waals surface area (Å²) < 4.78 is 5.78. The van der Waals surface area contributed by atoms with Crippen LogP contribution in [-0.4, -0.2) is 17.1 Å². The van der Waals surface area contributed by atoms with Gasteiger partial charge in [-0.3, -0.25) is 9.78 Å². The van der Waals surface area contributed by atoms with E-state index in [-0.39, 0.29) is 5.91 Å². The zero-order valence-electron chi connectivity index (χ0n) is 15.1. The van der Waals surface area contributed by atoms with Crippen LogP contribution in [0.1, 0.15) is 21.7 Å². The predicted molar refractivity (Wildman–Crippen MR) is 111 cm³/mol. The van der Waals surface area contributed by atoms with E-state index < -0.39 is 0 Å². The number of hydrogen-bond donors (Lipinski definition) is 1. The standard InChI is InChI=1S/C22H17N3O2S/c1-15-6-2-3-9-18(15)22(26)25-24-14-17-11-12-20(27-17)28-19-10-4-7-16-8-5-13-23-21(16)19/h2-14H,1H3,(H,25,26)/b24-14-. The maximum Gasteiger partial charge on any atom is 0.271 e. The van der Waals surface area contributed by atoms with E-state index in [1.807, 2.05) is 67.6 Å². The monoisotopic (exact) mass is 387 g/mol. The van der Waals surface area contributed by atoms with Gasteiger partial charge in [0.05, 0.1) is 11.7 Å². The van der Waals surface area contributed by atoms with Crippen LogP contribution >= 0.6 is 11.8 Å². The quantitative estimate of drug-likeness (QED) is 0.384. The summed E-state index contributed by atoms with van der Waals surface area (Å²) in [5.41, 5.74) is 4.96. The third-order valence-electron chi connectivity index (χ3n) is 4.16. The highest BCUT2D eigenvalue weighted by Gasteiger charge is 2.08. The van der Waals surface area contributed by atoms with E-state index in [9.17, 15) is 4.79 Å². The number of para-hydroxylation sites is 1. The van der Waals surface area contributed by atoms with Gasteiger partial charge in [0.25, 0.3) is 5.91 Å². The van der Waals surface area contributed by atoms with Gasteiger partial charge in [-0.2, -0.15) is 5.10 Å². The maximum absolute atomic E-state index is 12.2. The number of aromatic nitrogens is 1. The molecule has 0 aliphatic carbocycles. The van der Waals surface area contributed by atoms with Crippen LogP contribution in [0.15, 0.2) is 92.4 Å². The van der Waals surface area contributed by atoms with Crippen molar-refractivity contribution in [2.45, 2.75) is 16.9 Å². The van der Waals surface area contributed by atoms with Crippen molar-refractivity contribution in [2.24, 2.45) is 5.10 Å². The first-order valence-corrected chi connectivity index (χ1v) is 9.53. The van der Waals surface area contributed by atoms with Crippen LogP contribution in [0.2, 0.25) is 0 Å². The summed E-state index contributed by atoms with van der Waals surface area (Å²) >= 11 is 1.50. The largest absolute Gasteiger partial charge is 0.448 e. The van der Waals surface area contributed by atoms with Crippen molar-refractivity contribution in [2.75, 3.05) is 0 Å². The van der Waals surface area contributed by atoms with Gasteiger partial charge in [0.2, 0.25) is 0 Å². The predicted octanol–water partition coefficient (Wildman–Crippen LogP) is 5.05. The molecule has 28 heavy (non-hydrogen) atoms. The van der Waals surface area contributed by atoms with E-state index in [1.165, 1.54) is 18.0 Å². The van der Waals surface area contributed by atoms with Crippen molar-refractivity contribution in [3.8, 4) is 0 Å². The molecule has 2 aromatic carbocycles. The van der Waals surface area contributed by atoms with Crippen LogP contribution in [0.25, 0.3) is 10.9 Å². The van der Waals surface area contributed by atoms with Crippen molar-refractivity contribution in [1.82, 2.24) is 10.4 Å². The van der Waals surface area contributed by atoms with Crippen LogP contribution in [0.3, 0.4) is 0 Å². The molecule has 0 unspecified atom stereocenters. The van der Waals surface area contributed by atoms with Crippen LogP contribution in [0.5, 0.6) is 0 Å². The molecule has 0 radical (unpaired) electrons. The van der Waals surface area contributed by atoms with Crippen molar-refractivity contribution >= 4 is 34.8 Å². The zero-order valence-corrected chi connectivity index (χ0v) is 15.9. The number of fused-ring (bicyclic) bond motifs is 1. The molecule has 5 nitrogen and oxygen atoms in total. The average molecular weight is 387 g/mol. The highest BCUT2D eigenvalue weighted by molar-refractivity contribution is 7.99. The number of aryl methyl sites for hydroxylation is 1. The van der Waals surface area contributed by atoms with E-state index in [0.717, 1.165) is 26.5 Å². The molecule has 0 saturated heterocycles. The highest BCUT2D eigenvalue weighted by Crippen LogP contribution is 2.33. The second-order valence-electron chi connectivity index (χ2n) is 6.10. The normalized spacial score (nSPS) is 11.2. The topological polar surface area (TPSA) is 67.5 Å². The Morgan fingerprint density at radius 2 is 1.93 bits per heavy atom. The van der Waals surface area contributed by atoms with Crippen molar-refractivity contribution < 1.29 is 9.21 Å². The summed E-state index contributed by atoms with van der Waals surface area (Å²) in [6.45, 7) is 1.89. The fraction of sp³-hybridized carbons (Fsp3) is 0.0455. The summed E-state index contributed by atoms with van der Waals surface area (Å²) in [6, 6.07) is 21.0. The molecular weight excluding hydrogens is 370 g/mol. The molecule has 0 spiro atoms. The van der Waals surface area contributed by atoms with E-state index in [1.54, 1.807) is 12.3 Å². The second kappa shape index (κ2) is 8.10. The number of hydrazone groups is 1.